The summed E-state index contributed by atoms with van der Waals surface area (Å²) in [7, 11) is 0. The Morgan fingerprint density at radius 3 is 1.76 bits per heavy atom. The Kier molecular flexibility index (Phi) is 7.61. The number of rotatable bonds is 6. The Morgan fingerprint density at radius 1 is 0.407 bits per heavy atom. The summed E-state index contributed by atoms with van der Waals surface area (Å²) >= 11 is 1.70. The third-order valence-electron chi connectivity index (χ3n) is 11.2. The highest BCUT2D eigenvalue weighted by Crippen LogP contribution is 2.40. The molecular weight excluding hydrogens is 743 g/mol. The molecular formula is C52H31N5OS. The van der Waals surface area contributed by atoms with Gasteiger partial charge >= 0.3 is 0 Å². The molecule has 0 saturated heterocycles. The van der Waals surface area contributed by atoms with Gasteiger partial charge in [-0.15, -0.1) is 11.3 Å². The van der Waals surface area contributed by atoms with E-state index in [9.17, 15) is 0 Å². The van der Waals surface area contributed by atoms with Crippen molar-refractivity contribution in [2.45, 2.75) is 0 Å². The number of benzene rings is 8. The number of thiophene rings is 1. The largest absolute Gasteiger partial charge is 0.438 e. The fourth-order valence-electron chi connectivity index (χ4n) is 8.27. The number of aromatic nitrogens is 4. The van der Waals surface area contributed by atoms with Crippen LogP contribution in [0, 0.1) is 0 Å². The fraction of sp³-hybridized carbons (Fsp3) is 0. The van der Waals surface area contributed by atoms with E-state index in [0.29, 0.717) is 17.4 Å². The lowest BCUT2D eigenvalue weighted by molar-refractivity contribution is 0.653. The zero-order chi connectivity index (χ0) is 38.9. The number of fused-ring (bicyclic) bond motifs is 9. The molecule has 59 heavy (non-hydrogen) atoms. The van der Waals surface area contributed by atoms with Gasteiger partial charge in [0.15, 0.2) is 11.6 Å². The molecule has 0 unspecified atom stereocenters. The second-order valence-electron chi connectivity index (χ2n) is 14.7. The predicted octanol–water partition coefficient (Wildman–Crippen LogP) is 14.3. The molecule has 4 heterocycles. The van der Waals surface area contributed by atoms with Gasteiger partial charge in [0.05, 0.1) is 5.39 Å². The second-order valence-corrected chi connectivity index (χ2v) is 15.8. The van der Waals surface area contributed by atoms with Crippen molar-refractivity contribution in [3.63, 3.8) is 0 Å². The van der Waals surface area contributed by atoms with Crippen LogP contribution in [0.2, 0.25) is 0 Å². The normalized spacial score (nSPS) is 11.7. The summed E-state index contributed by atoms with van der Waals surface area (Å²) in [6.45, 7) is 0. The molecule has 12 aromatic rings. The number of nitrogens with zero attached hydrogens (tertiary/aromatic N) is 5. The monoisotopic (exact) mass is 773 g/mol. The molecule has 0 spiro atoms. The molecule has 0 bridgehead atoms. The Labute approximate surface area is 342 Å². The first-order valence-electron chi connectivity index (χ1n) is 19.5. The van der Waals surface area contributed by atoms with Gasteiger partial charge < -0.3 is 9.32 Å². The van der Waals surface area contributed by atoms with Crippen molar-refractivity contribution >= 4 is 92.3 Å². The minimum absolute atomic E-state index is 0.581. The van der Waals surface area contributed by atoms with Crippen LogP contribution in [0.5, 0.6) is 0 Å². The summed E-state index contributed by atoms with van der Waals surface area (Å²) in [4.78, 5) is 22.7. The minimum atomic E-state index is 0.581. The lowest BCUT2D eigenvalue weighted by Gasteiger charge is -2.26. The summed E-state index contributed by atoms with van der Waals surface area (Å²) < 4.78 is 7.30. The predicted molar refractivity (Wildman–Crippen MR) is 244 cm³/mol. The third-order valence-corrected chi connectivity index (χ3v) is 12.3. The summed E-state index contributed by atoms with van der Waals surface area (Å²) in [5.41, 5.74) is 8.73. The molecule has 0 saturated carbocycles. The molecule has 8 aromatic carbocycles. The first-order chi connectivity index (χ1) is 29.2. The van der Waals surface area contributed by atoms with Crippen molar-refractivity contribution in [2.24, 2.45) is 0 Å². The van der Waals surface area contributed by atoms with E-state index in [0.717, 1.165) is 54.8 Å². The topological polar surface area (TPSA) is 67.9 Å². The van der Waals surface area contributed by atoms with Crippen LogP contribution >= 0.6 is 11.3 Å². The summed E-state index contributed by atoms with van der Waals surface area (Å²) in [5, 5.41) is 9.02. The van der Waals surface area contributed by atoms with Crippen LogP contribution in [-0.4, -0.2) is 19.9 Å². The zero-order valence-electron chi connectivity index (χ0n) is 31.5. The van der Waals surface area contributed by atoms with Crippen LogP contribution in [0.4, 0.5) is 17.1 Å². The van der Waals surface area contributed by atoms with Gasteiger partial charge in [0.2, 0.25) is 5.71 Å². The fourth-order valence-corrected chi connectivity index (χ4v) is 9.32. The van der Waals surface area contributed by atoms with E-state index in [4.69, 9.17) is 24.4 Å². The van der Waals surface area contributed by atoms with Gasteiger partial charge in [-0.25, -0.2) is 15.0 Å². The highest BCUT2D eigenvalue weighted by atomic mass is 32.1. The van der Waals surface area contributed by atoms with E-state index in [1.165, 1.54) is 42.8 Å². The highest BCUT2D eigenvalue weighted by molar-refractivity contribution is 7.25. The van der Waals surface area contributed by atoms with Gasteiger partial charge in [0.1, 0.15) is 10.4 Å². The number of para-hydroxylation sites is 1. The molecule has 0 atom stereocenters. The first-order valence-corrected chi connectivity index (χ1v) is 20.3. The maximum Gasteiger partial charge on any atom is 0.230 e. The quantitative estimate of drug-likeness (QED) is 0.157. The Morgan fingerprint density at radius 2 is 1.00 bits per heavy atom. The standard InChI is InChI=1S/C52H31N5OS/c1-2-8-32(9-3-1)35-20-26-41-36(28-35)14-15-37-29-40(25-27-42(37)41)57(38-21-16-33(17-22-38)49-53-30-45-43-10-4-6-12-47(43)58-51(45)55-49)39-23-18-34(19-24-39)50-54-31-46-44-11-5-7-13-48(44)59-52(46)56-50/h1-31H. The van der Waals surface area contributed by atoms with Crippen molar-refractivity contribution in [3.05, 3.63) is 188 Å². The molecule has 0 radical (unpaired) electrons. The Bertz CT molecular complexity index is 3400. The van der Waals surface area contributed by atoms with Crippen LogP contribution in [0.25, 0.3) is 97.8 Å². The second kappa shape index (κ2) is 13.4. The number of anilines is 3. The van der Waals surface area contributed by atoms with Crippen molar-refractivity contribution in [1.29, 1.82) is 0 Å². The van der Waals surface area contributed by atoms with E-state index in [1.807, 2.05) is 36.7 Å². The molecule has 7 heteroatoms. The van der Waals surface area contributed by atoms with Crippen LogP contribution in [-0.2, 0) is 0 Å². The molecule has 0 fully saturated rings. The van der Waals surface area contributed by atoms with E-state index in [2.05, 4.69) is 157 Å². The summed E-state index contributed by atoms with van der Waals surface area (Å²) in [6, 6.07) is 61.8. The van der Waals surface area contributed by atoms with Crippen molar-refractivity contribution in [2.75, 3.05) is 4.90 Å². The van der Waals surface area contributed by atoms with Crippen LogP contribution < -0.4 is 4.90 Å². The van der Waals surface area contributed by atoms with Gasteiger partial charge in [-0.2, -0.15) is 4.98 Å². The molecule has 0 aliphatic heterocycles. The lowest BCUT2D eigenvalue weighted by atomic mass is 9.97. The average Bonchev–Trinajstić information content (AvgIpc) is 3.87. The van der Waals surface area contributed by atoms with E-state index >= 15 is 0 Å². The van der Waals surface area contributed by atoms with Crippen LogP contribution in [0.15, 0.2) is 193 Å². The van der Waals surface area contributed by atoms with Crippen molar-refractivity contribution < 1.29 is 4.42 Å². The van der Waals surface area contributed by atoms with Gasteiger partial charge in [-0.05, 0) is 112 Å². The van der Waals surface area contributed by atoms with Crippen molar-refractivity contribution in [3.8, 4) is 33.9 Å². The molecule has 276 valence electrons. The molecule has 12 rings (SSSR count). The van der Waals surface area contributed by atoms with E-state index in [1.54, 1.807) is 11.3 Å². The molecule has 0 aliphatic carbocycles. The maximum atomic E-state index is 6.09. The van der Waals surface area contributed by atoms with Crippen LogP contribution in [0.3, 0.4) is 0 Å². The van der Waals surface area contributed by atoms with Crippen molar-refractivity contribution in [1.82, 2.24) is 19.9 Å². The Balaban J connectivity index is 0.937. The van der Waals surface area contributed by atoms with Gasteiger partial charge in [0, 0.05) is 61.4 Å². The van der Waals surface area contributed by atoms with Gasteiger partial charge in [-0.3, -0.25) is 0 Å². The minimum Gasteiger partial charge on any atom is -0.438 e. The van der Waals surface area contributed by atoms with E-state index < -0.39 is 0 Å². The molecule has 4 aromatic heterocycles. The first kappa shape index (κ1) is 33.4. The molecule has 0 aliphatic rings. The SMILES string of the molecule is c1ccc(-c2ccc3c(ccc4cc(N(c5ccc(-c6ncc7c(n6)oc6ccccc67)cc5)c5ccc(-c6ncc7c(n6)sc6ccccc67)cc5)ccc43)c2)cc1. The summed E-state index contributed by atoms with van der Waals surface area (Å²) in [6.07, 6.45) is 3.81. The zero-order valence-corrected chi connectivity index (χ0v) is 32.3. The van der Waals surface area contributed by atoms with Gasteiger partial charge in [-0.1, -0.05) is 97.1 Å². The third kappa shape index (κ3) is 5.70. The molecule has 0 amide bonds. The molecule has 0 N–H and O–H groups in total. The average molecular weight is 774 g/mol. The Hall–Kier alpha value is -7.74. The number of hydrogen-bond acceptors (Lipinski definition) is 7. The smallest absolute Gasteiger partial charge is 0.230 e. The lowest BCUT2D eigenvalue weighted by Crippen LogP contribution is -2.10. The number of furan rings is 1. The van der Waals surface area contributed by atoms with E-state index in [-0.39, 0.29) is 0 Å². The van der Waals surface area contributed by atoms with Gasteiger partial charge in [0.25, 0.3) is 0 Å². The maximum absolute atomic E-state index is 6.09. The van der Waals surface area contributed by atoms with Crippen LogP contribution in [0.1, 0.15) is 0 Å². The number of hydrogen-bond donors (Lipinski definition) is 0. The summed E-state index contributed by atoms with van der Waals surface area (Å²) in [5.74, 6) is 1.32. The molecule has 6 nitrogen and oxygen atoms in total. The highest BCUT2D eigenvalue weighted by Gasteiger charge is 2.17.